The molecule has 0 aliphatic carbocycles. The molecule has 8 aromatic carbocycles. The van der Waals surface area contributed by atoms with Gasteiger partial charge in [0.2, 0.25) is 0 Å². The van der Waals surface area contributed by atoms with Gasteiger partial charge in [0.1, 0.15) is 23.0 Å². The van der Waals surface area contributed by atoms with E-state index in [9.17, 15) is 73.1 Å². The second kappa shape index (κ2) is 23.5. The first-order valence-electron chi connectivity index (χ1n) is 23.9. The van der Waals surface area contributed by atoms with Crippen LogP contribution in [0.3, 0.4) is 0 Å². The molecular weight excluding hydrogens is 1090 g/mol. The SMILES string of the molecule is CCc1cc(N=Nc2cccc(C(F)(F)F)c2)cc(Cc2cc(N=Nc3cccc(C(F)(F)F)c3)cc(Cc3cc(N=Nc4cccc(C(F)(F)F)c4)cc(Cc4cc(N=Nc5cccc(C(F)(F)F)c5)ccc4O)c3O)c2O)c1O. The standard InChI is InChI=1S/C57H40F12N8O4/c1-2-31-20-47(75-71-43-12-4-8-39(28-43)55(61,62)63)23-34(51(31)79)18-35-24-49(77-73-45-14-6-10-41(30-45)57(67,68)69)26-37(53(35)81)19-36-25-48(76-72-44-13-5-9-40(29-44)56(64,65)66)22-33(52(36)80)17-32-21-46(15-16-50(32)78)74-70-42-11-3-7-38(27-42)54(58,59)60/h3-16,20-30,78-81H,2,17-19H2,1H3. The van der Waals surface area contributed by atoms with Crippen LogP contribution in [0.1, 0.15) is 68.1 Å². The summed E-state index contributed by atoms with van der Waals surface area (Å²) in [5.74, 6) is -1.57. The Kier molecular flexibility index (Phi) is 16.7. The van der Waals surface area contributed by atoms with Gasteiger partial charge in [-0.1, -0.05) is 31.2 Å². The molecule has 0 aliphatic heterocycles. The van der Waals surface area contributed by atoms with Gasteiger partial charge in [-0.3, -0.25) is 0 Å². The first kappa shape index (κ1) is 57.7. The van der Waals surface area contributed by atoms with E-state index in [0.717, 1.165) is 72.8 Å². The molecule has 4 N–H and O–H groups in total. The zero-order chi connectivity index (χ0) is 58.4. The van der Waals surface area contributed by atoms with Crippen molar-refractivity contribution in [1.29, 1.82) is 0 Å². The second-order valence-corrected chi connectivity index (χ2v) is 18.0. The Morgan fingerprint density at radius 1 is 0.284 bits per heavy atom. The summed E-state index contributed by atoms with van der Waals surface area (Å²) in [5, 5.41) is 78.9. The second-order valence-electron chi connectivity index (χ2n) is 18.0. The summed E-state index contributed by atoms with van der Waals surface area (Å²) < 4.78 is 163. The molecule has 0 bridgehead atoms. The highest BCUT2D eigenvalue weighted by atomic mass is 19.4. The third-order valence-corrected chi connectivity index (χ3v) is 12.2. The zero-order valence-electron chi connectivity index (χ0n) is 41.7. The van der Waals surface area contributed by atoms with Crippen LogP contribution in [-0.4, -0.2) is 20.4 Å². The number of rotatable bonds is 15. The Morgan fingerprint density at radius 2 is 0.519 bits per heavy atom. The van der Waals surface area contributed by atoms with Crippen LogP contribution in [0.15, 0.2) is 193 Å². The van der Waals surface area contributed by atoms with Crippen molar-refractivity contribution in [1.82, 2.24) is 0 Å². The quantitative estimate of drug-likeness (QED) is 0.0590. The molecule has 0 fully saturated rings. The normalized spacial score (nSPS) is 12.7. The van der Waals surface area contributed by atoms with Gasteiger partial charge in [0.25, 0.3) is 0 Å². The van der Waals surface area contributed by atoms with Crippen molar-refractivity contribution in [2.45, 2.75) is 57.3 Å². The summed E-state index contributed by atoms with van der Waals surface area (Å²) in [6.07, 6.45) is -19.7. The minimum Gasteiger partial charge on any atom is -0.508 e. The highest BCUT2D eigenvalue weighted by molar-refractivity contribution is 5.62. The number of halogens is 12. The first-order chi connectivity index (χ1) is 38.2. The van der Waals surface area contributed by atoms with Crippen molar-refractivity contribution in [2.24, 2.45) is 40.9 Å². The van der Waals surface area contributed by atoms with E-state index in [1.54, 1.807) is 6.92 Å². The molecule has 0 saturated heterocycles. The first-order valence-corrected chi connectivity index (χ1v) is 23.9. The third-order valence-electron chi connectivity index (χ3n) is 12.2. The minimum absolute atomic E-state index is 0.000917. The fraction of sp³-hybridized carbons (Fsp3) is 0.158. The third kappa shape index (κ3) is 14.8. The molecule has 8 aromatic rings. The molecule has 0 aromatic heterocycles. The van der Waals surface area contributed by atoms with Crippen LogP contribution in [0.2, 0.25) is 0 Å². The Balaban J connectivity index is 1.22. The molecule has 24 heteroatoms. The number of nitrogens with zero attached hydrogens (tertiary/aromatic N) is 8. The van der Waals surface area contributed by atoms with Gasteiger partial charge < -0.3 is 20.4 Å². The monoisotopic (exact) mass is 1130 g/mol. The summed E-state index contributed by atoms with van der Waals surface area (Å²) in [6, 6.07) is 27.7. The topological polar surface area (TPSA) is 180 Å². The maximum absolute atomic E-state index is 13.7. The number of benzene rings is 8. The van der Waals surface area contributed by atoms with Crippen molar-refractivity contribution in [3.63, 3.8) is 0 Å². The van der Waals surface area contributed by atoms with Crippen molar-refractivity contribution in [3.05, 3.63) is 213 Å². The van der Waals surface area contributed by atoms with Gasteiger partial charge in [-0.05, 0) is 139 Å². The molecule has 0 atom stereocenters. The van der Waals surface area contributed by atoms with Gasteiger partial charge in [0.15, 0.2) is 0 Å². The van der Waals surface area contributed by atoms with E-state index in [2.05, 4.69) is 40.9 Å². The fourth-order valence-electron chi connectivity index (χ4n) is 8.17. The molecule has 0 saturated carbocycles. The Morgan fingerprint density at radius 3 is 0.802 bits per heavy atom. The van der Waals surface area contributed by atoms with E-state index >= 15 is 0 Å². The molecule has 0 aliphatic rings. The van der Waals surface area contributed by atoms with Gasteiger partial charge in [-0.25, -0.2) is 0 Å². The Labute approximate surface area is 451 Å². The molecule has 0 heterocycles. The lowest BCUT2D eigenvalue weighted by molar-refractivity contribution is -0.138. The molecule has 8 rings (SSSR count). The molecule has 0 spiro atoms. The van der Waals surface area contributed by atoms with Crippen LogP contribution in [0.5, 0.6) is 23.0 Å². The van der Waals surface area contributed by atoms with Gasteiger partial charge in [-0.15, -0.1) is 0 Å². The van der Waals surface area contributed by atoms with Crippen LogP contribution in [0.4, 0.5) is 98.2 Å². The largest absolute Gasteiger partial charge is 0.508 e. The molecular formula is C57H40F12N8O4. The van der Waals surface area contributed by atoms with E-state index in [1.165, 1.54) is 78.9 Å². The lowest BCUT2D eigenvalue weighted by atomic mass is 9.93. The highest BCUT2D eigenvalue weighted by Crippen LogP contribution is 2.42. The zero-order valence-corrected chi connectivity index (χ0v) is 41.7. The maximum atomic E-state index is 13.7. The van der Waals surface area contributed by atoms with Gasteiger partial charge in [0.05, 0.1) is 67.8 Å². The number of phenolic OH excluding ortho intramolecular Hbond substituents is 4. The fourth-order valence-corrected chi connectivity index (χ4v) is 8.17. The maximum Gasteiger partial charge on any atom is 0.416 e. The highest BCUT2D eigenvalue weighted by Gasteiger charge is 2.33. The number of phenols is 4. The summed E-state index contributed by atoms with van der Waals surface area (Å²) in [4.78, 5) is 0. The predicted octanol–water partition coefficient (Wildman–Crippen LogP) is 19.6. The molecule has 416 valence electrons. The summed E-state index contributed by atoms with van der Waals surface area (Å²) in [7, 11) is 0. The van der Waals surface area contributed by atoms with Gasteiger partial charge in [-0.2, -0.15) is 93.6 Å². The van der Waals surface area contributed by atoms with Gasteiger partial charge >= 0.3 is 24.7 Å². The van der Waals surface area contributed by atoms with E-state index in [4.69, 9.17) is 0 Å². The molecule has 12 nitrogen and oxygen atoms in total. The Bertz CT molecular complexity index is 3760. The average Bonchev–Trinajstić information content (AvgIpc) is 3.52. The van der Waals surface area contributed by atoms with Crippen molar-refractivity contribution in [2.75, 3.05) is 0 Å². The molecule has 0 amide bonds. The van der Waals surface area contributed by atoms with Crippen LogP contribution >= 0.6 is 0 Å². The van der Waals surface area contributed by atoms with Crippen LogP contribution in [-0.2, 0) is 50.4 Å². The van der Waals surface area contributed by atoms with E-state index < -0.39 is 64.9 Å². The van der Waals surface area contributed by atoms with E-state index in [0.29, 0.717) is 5.56 Å². The molecule has 0 unspecified atom stereocenters. The number of aromatic hydroxyl groups is 4. The number of aryl methyl sites for hydroxylation is 1. The number of hydrogen-bond acceptors (Lipinski definition) is 12. The lowest BCUT2D eigenvalue weighted by Crippen LogP contribution is -2.03. The smallest absolute Gasteiger partial charge is 0.416 e. The predicted molar refractivity (Wildman–Crippen MR) is 273 cm³/mol. The van der Waals surface area contributed by atoms with Gasteiger partial charge in [0, 0.05) is 52.6 Å². The van der Waals surface area contributed by atoms with Crippen LogP contribution < -0.4 is 0 Å². The van der Waals surface area contributed by atoms with Crippen molar-refractivity contribution < 1.29 is 73.1 Å². The summed E-state index contributed by atoms with van der Waals surface area (Å²) >= 11 is 0. The summed E-state index contributed by atoms with van der Waals surface area (Å²) in [6.45, 7) is 1.69. The lowest BCUT2D eigenvalue weighted by Gasteiger charge is -2.16. The summed E-state index contributed by atoms with van der Waals surface area (Å²) in [5.41, 5.74) is -4.34. The van der Waals surface area contributed by atoms with Crippen molar-refractivity contribution in [3.8, 4) is 23.0 Å². The number of alkyl halides is 12. The number of hydrogen-bond donors (Lipinski definition) is 4. The van der Waals surface area contributed by atoms with E-state index in [1.807, 2.05) is 0 Å². The van der Waals surface area contributed by atoms with Crippen LogP contribution in [0, 0.1) is 0 Å². The van der Waals surface area contributed by atoms with Crippen molar-refractivity contribution >= 4 is 45.5 Å². The van der Waals surface area contributed by atoms with E-state index in [-0.39, 0.29) is 110 Å². The average molecular weight is 1130 g/mol. The number of azo groups is 4. The van der Waals surface area contributed by atoms with Crippen LogP contribution in [0.25, 0.3) is 0 Å². The Hall–Kier alpha value is -9.48. The molecule has 0 radical (unpaired) electrons. The minimum atomic E-state index is -4.74. The molecule has 81 heavy (non-hydrogen) atoms.